The average Bonchev–Trinajstić information content (AvgIpc) is 3.61. The third-order valence-electron chi connectivity index (χ3n) is 5.41. The van der Waals surface area contributed by atoms with E-state index in [1.165, 1.54) is 41.3 Å². The Balaban J connectivity index is 1.31. The molecule has 10 nitrogen and oxygen atoms in total. The summed E-state index contributed by atoms with van der Waals surface area (Å²) in [6, 6.07) is 20.3. The van der Waals surface area contributed by atoms with Crippen molar-refractivity contribution in [3.05, 3.63) is 102 Å². The number of aromatic nitrogens is 5. The number of carbonyl (C=O) groups is 2. The van der Waals surface area contributed by atoms with Gasteiger partial charge >= 0.3 is 0 Å². The van der Waals surface area contributed by atoms with Crippen LogP contribution in [-0.4, -0.2) is 47.6 Å². The van der Waals surface area contributed by atoms with E-state index >= 15 is 0 Å². The van der Waals surface area contributed by atoms with Crippen molar-refractivity contribution in [2.45, 2.75) is 5.03 Å². The Morgan fingerprint density at radius 2 is 1.61 bits per heavy atom. The smallest absolute Gasteiger partial charge is 0.276 e. The zero-order chi connectivity index (χ0) is 26.6. The molecule has 0 aliphatic rings. The molecule has 0 fully saturated rings. The molecule has 12 heteroatoms. The first-order valence-electron chi connectivity index (χ1n) is 11.3. The lowest BCUT2D eigenvalue weighted by Gasteiger charge is -2.09. The molecule has 2 aromatic carbocycles. The molecule has 0 saturated heterocycles. The van der Waals surface area contributed by atoms with E-state index in [-0.39, 0.29) is 16.4 Å². The number of nitrogens with zero attached hydrogens (tertiary/aromatic N) is 4. The van der Waals surface area contributed by atoms with Gasteiger partial charge in [0.1, 0.15) is 17.8 Å². The summed E-state index contributed by atoms with van der Waals surface area (Å²) in [6.45, 7) is 0. The predicted molar refractivity (Wildman–Crippen MR) is 140 cm³/mol. The van der Waals surface area contributed by atoms with Gasteiger partial charge in [-0.15, -0.1) is 0 Å². The molecular formula is C26H20FN7O3S. The Kier molecular flexibility index (Phi) is 6.98. The zero-order valence-electron chi connectivity index (χ0n) is 19.9. The minimum Gasteiger partial charge on any atom is -0.610 e. The van der Waals surface area contributed by atoms with E-state index in [4.69, 9.17) is 0 Å². The monoisotopic (exact) mass is 529 g/mol. The molecule has 5 aromatic rings. The van der Waals surface area contributed by atoms with Crippen molar-refractivity contribution in [1.29, 1.82) is 0 Å². The number of anilines is 2. The predicted octanol–water partition coefficient (Wildman–Crippen LogP) is 4.04. The molecule has 3 aromatic heterocycles. The van der Waals surface area contributed by atoms with Gasteiger partial charge in [-0.2, -0.15) is 14.9 Å². The number of pyridine rings is 1. The van der Waals surface area contributed by atoms with Gasteiger partial charge < -0.3 is 15.2 Å². The normalized spacial score (nSPS) is 11.7. The number of halogens is 1. The number of hydrogen-bond donors (Lipinski definition) is 3. The lowest BCUT2D eigenvalue weighted by Crippen LogP contribution is -2.15. The summed E-state index contributed by atoms with van der Waals surface area (Å²) in [7, 11) is 0. The van der Waals surface area contributed by atoms with Crippen LogP contribution in [0, 0.1) is 5.82 Å². The van der Waals surface area contributed by atoms with E-state index in [1.807, 2.05) is 0 Å². The third kappa shape index (κ3) is 5.45. The topological polar surface area (TPSA) is 141 Å². The molecule has 190 valence electrons. The summed E-state index contributed by atoms with van der Waals surface area (Å²) in [5.41, 5.74) is 2.79. The number of amides is 2. The van der Waals surface area contributed by atoms with Gasteiger partial charge in [0.05, 0.1) is 17.1 Å². The summed E-state index contributed by atoms with van der Waals surface area (Å²) in [5.74, 6) is -1.40. The van der Waals surface area contributed by atoms with Gasteiger partial charge in [0, 0.05) is 34.8 Å². The van der Waals surface area contributed by atoms with Crippen molar-refractivity contribution in [2.24, 2.45) is 0 Å². The van der Waals surface area contributed by atoms with Crippen LogP contribution in [0.1, 0.15) is 21.0 Å². The maximum absolute atomic E-state index is 13.3. The van der Waals surface area contributed by atoms with E-state index in [1.54, 1.807) is 54.7 Å². The molecule has 5 rings (SSSR count). The second-order valence-corrected chi connectivity index (χ2v) is 9.40. The summed E-state index contributed by atoms with van der Waals surface area (Å²) in [6.07, 6.45) is 3.06. The van der Waals surface area contributed by atoms with Gasteiger partial charge in [0.15, 0.2) is 5.69 Å². The highest BCUT2D eigenvalue weighted by molar-refractivity contribution is 7.90. The van der Waals surface area contributed by atoms with E-state index in [2.05, 4.69) is 30.9 Å². The van der Waals surface area contributed by atoms with Crippen LogP contribution in [-0.2, 0) is 11.2 Å². The highest BCUT2D eigenvalue weighted by Gasteiger charge is 2.22. The summed E-state index contributed by atoms with van der Waals surface area (Å²) >= 11 is -1.46. The summed E-state index contributed by atoms with van der Waals surface area (Å²) in [4.78, 5) is 30.1. The molecule has 0 spiro atoms. The van der Waals surface area contributed by atoms with Crippen LogP contribution in [0.5, 0.6) is 0 Å². The second kappa shape index (κ2) is 10.7. The maximum atomic E-state index is 13.3. The van der Waals surface area contributed by atoms with Crippen LogP contribution in [0.15, 0.2) is 90.1 Å². The fourth-order valence-electron chi connectivity index (χ4n) is 3.62. The third-order valence-corrected chi connectivity index (χ3v) is 6.29. The Morgan fingerprint density at radius 3 is 2.26 bits per heavy atom. The van der Waals surface area contributed by atoms with Crippen LogP contribution in [0.3, 0.4) is 0 Å². The van der Waals surface area contributed by atoms with Crippen LogP contribution >= 0.6 is 0 Å². The van der Waals surface area contributed by atoms with Gasteiger partial charge in [0.25, 0.3) is 11.8 Å². The van der Waals surface area contributed by atoms with Crippen LogP contribution < -0.4 is 10.6 Å². The number of aromatic amines is 1. The van der Waals surface area contributed by atoms with Gasteiger partial charge in [-0.1, -0.05) is 12.1 Å². The molecule has 0 radical (unpaired) electrons. The Morgan fingerprint density at radius 1 is 0.921 bits per heavy atom. The Labute approximate surface area is 219 Å². The quantitative estimate of drug-likeness (QED) is 0.272. The van der Waals surface area contributed by atoms with Crippen molar-refractivity contribution < 1.29 is 18.5 Å². The Bertz CT molecular complexity index is 1600. The first kappa shape index (κ1) is 24.9. The number of benzene rings is 2. The SMILES string of the molecule is C[S+]([O-])c1cc(C(=O)Nc2cccc(NC(=O)c3cccc(-c4ccn[nH]4)n3)c2)nn1-c1ccc(F)cc1. The molecule has 0 aliphatic carbocycles. The first-order valence-corrected chi connectivity index (χ1v) is 12.8. The molecular weight excluding hydrogens is 509 g/mol. The van der Waals surface area contributed by atoms with Crippen molar-refractivity contribution in [1.82, 2.24) is 25.0 Å². The van der Waals surface area contributed by atoms with E-state index < -0.39 is 28.8 Å². The average molecular weight is 530 g/mol. The molecule has 3 heterocycles. The maximum Gasteiger partial charge on any atom is 0.276 e. The molecule has 0 saturated carbocycles. The highest BCUT2D eigenvalue weighted by Crippen LogP contribution is 2.21. The molecule has 2 amide bonds. The lowest BCUT2D eigenvalue weighted by molar-refractivity contribution is 0.101. The van der Waals surface area contributed by atoms with Gasteiger partial charge in [-0.25, -0.2) is 9.37 Å². The minimum atomic E-state index is -1.46. The van der Waals surface area contributed by atoms with Crippen molar-refractivity contribution in [2.75, 3.05) is 16.9 Å². The van der Waals surface area contributed by atoms with Crippen LogP contribution in [0.2, 0.25) is 0 Å². The number of rotatable bonds is 7. The molecule has 3 N–H and O–H groups in total. The van der Waals surface area contributed by atoms with Crippen LogP contribution in [0.4, 0.5) is 15.8 Å². The van der Waals surface area contributed by atoms with Gasteiger partial charge in [-0.05, 0) is 60.7 Å². The number of hydrogen-bond acceptors (Lipinski definition) is 6. The fourth-order valence-corrected chi connectivity index (χ4v) is 4.29. The van der Waals surface area contributed by atoms with E-state index in [9.17, 15) is 18.5 Å². The minimum absolute atomic E-state index is 0.0220. The van der Waals surface area contributed by atoms with E-state index in [0.717, 1.165) is 0 Å². The zero-order valence-corrected chi connectivity index (χ0v) is 20.7. The number of H-pyrrole nitrogens is 1. The molecule has 1 atom stereocenters. The fraction of sp³-hybridized carbons (Fsp3) is 0.0385. The van der Waals surface area contributed by atoms with Gasteiger partial charge in [0.2, 0.25) is 5.03 Å². The number of nitrogens with one attached hydrogen (secondary N) is 3. The highest BCUT2D eigenvalue weighted by atomic mass is 32.2. The van der Waals surface area contributed by atoms with Gasteiger partial charge in [-0.3, -0.25) is 14.7 Å². The van der Waals surface area contributed by atoms with Crippen molar-refractivity contribution >= 4 is 34.4 Å². The molecule has 0 aliphatic heterocycles. The van der Waals surface area contributed by atoms with Crippen molar-refractivity contribution in [3.63, 3.8) is 0 Å². The van der Waals surface area contributed by atoms with E-state index in [0.29, 0.717) is 28.5 Å². The lowest BCUT2D eigenvalue weighted by atomic mass is 10.2. The summed E-state index contributed by atoms with van der Waals surface area (Å²) < 4.78 is 26.9. The van der Waals surface area contributed by atoms with Crippen molar-refractivity contribution in [3.8, 4) is 17.1 Å². The second-order valence-electron chi connectivity index (χ2n) is 8.08. The molecule has 0 bridgehead atoms. The first-order chi connectivity index (χ1) is 18.4. The molecule has 38 heavy (non-hydrogen) atoms. The standard InChI is InChI=1S/C26H20FN7O3S/c1-38(37)24-15-23(33-34(24)19-10-8-16(27)9-11-19)26(36)30-18-5-2-4-17(14-18)29-25(35)22-7-3-6-20(31-22)21-12-13-28-32-21/h2-15H,1H3,(H,28,32)(H,29,35)(H,30,36). The molecule has 1 unspecified atom stereocenters. The summed E-state index contributed by atoms with van der Waals surface area (Å²) in [5, 5.41) is 16.8. The largest absolute Gasteiger partial charge is 0.610 e. The number of carbonyl (C=O) groups excluding carboxylic acids is 2. The Hall–Kier alpha value is -4.81. The van der Waals surface area contributed by atoms with Crippen LogP contribution in [0.25, 0.3) is 17.1 Å².